The summed E-state index contributed by atoms with van der Waals surface area (Å²) < 4.78 is 77.6. The number of nitrogens with two attached hydrogens (primary N) is 1. The first-order chi connectivity index (χ1) is 49.2. The van der Waals surface area contributed by atoms with Crippen LogP contribution in [0.4, 0.5) is 32.2 Å². The number of carboxylic acids is 3. The van der Waals surface area contributed by atoms with E-state index in [1.807, 2.05) is 14.7 Å². The average Bonchev–Trinajstić information content (AvgIpc) is 0.865. The van der Waals surface area contributed by atoms with E-state index in [1.54, 1.807) is 18.5 Å². The van der Waals surface area contributed by atoms with Gasteiger partial charge in [0.15, 0.2) is 0 Å². The fourth-order valence-electron chi connectivity index (χ4n) is 12.3. The van der Waals surface area contributed by atoms with Crippen LogP contribution in [0.15, 0.2) is 89.0 Å². The second kappa shape index (κ2) is 47.8. The van der Waals surface area contributed by atoms with Crippen LogP contribution in [0.2, 0.25) is 5.15 Å². The first-order valence-electron chi connectivity index (χ1n) is 35.7. The van der Waals surface area contributed by atoms with Crippen molar-refractivity contribution < 1.29 is 56.0 Å². The molecule has 0 aliphatic heterocycles. The summed E-state index contributed by atoms with van der Waals surface area (Å²) in [4.78, 5) is 77.8. The number of nitrogens with zero attached hydrogens (tertiary/aromatic N) is 12. The first-order valence-corrected chi connectivity index (χ1v) is 37.6. The molecule has 6 aromatic rings. The zero-order valence-electron chi connectivity index (χ0n) is 58.0. The number of unbranched alkanes of at least 4 members (excludes halogenated alkanes) is 3. The number of aryl methyl sites for hydroxylation is 9. The van der Waals surface area contributed by atoms with Gasteiger partial charge in [-0.15, -0.1) is 0 Å². The van der Waals surface area contributed by atoms with Crippen molar-refractivity contribution in [1.29, 1.82) is 0 Å². The number of fused-ring (bicyclic) bond motifs is 3. The molecular weight excluding hydrogens is 1480 g/mol. The molecule has 0 saturated carbocycles. The lowest BCUT2D eigenvalue weighted by Crippen LogP contribution is -2.36. The molecule has 6 heterocycles. The van der Waals surface area contributed by atoms with Crippen molar-refractivity contribution in [3.8, 4) is 0 Å². The fraction of sp³-hybridized carbons (Fsp3) is 0.589. The predicted molar refractivity (Wildman–Crippen MR) is 388 cm³/mol. The van der Waals surface area contributed by atoms with Gasteiger partial charge in [-0.3, -0.25) is 24.5 Å². The summed E-state index contributed by atoms with van der Waals surface area (Å²) in [5.74, 6) is -3.17. The molecule has 0 amide bonds. The van der Waals surface area contributed by atoms with Crippen LogP contribution in [0, 0.1) is 5.92 Å². The normalized spacial score (nSPS) is 14.2. The highest BCUT2D eigenvalue weighted by molar-refractivity contribution is 9.11. The highest BCUT2D eigenvalue weighted by Crippen LogP contribution is 2.25. The van der Waals surface area contributed by atoms with Crippen molar-refractivity contribution in [3.63, 3.8) is 0 Å². The molecule has 102 heavy (non-hydrogen) atoms. The van der Waals surface area contributed by atoms with Crippen molar-refractivity contribution in [2.75, 3.05) is 64.2 Å². The third-order valence-corrected chi connectivity index (χ3v) is 19.8. The number of hydrogen-bond acceptors (Lipinski definition) is 17. The van der Waals surface area contributed by atoms with E-state index < -0.39 is 55.2 Å². The summed E-state index contributed by atoms with van der Waals surface area (Å²) in [6.45, 7) is 4.07. The van der Waals surface area contributed by atoms with Crippen LogP contribution in [0.25, 0.3) is 0 Å². The molecule has 29 heteroatoms. The Morgan fingerprint density at radius 1 is 0.471 bits per heavy atom. The van der Waals surface area contributed by atoms with Gasteiger partial charge in [-0.25, -0.2) is 61.0 Å². The van der Waals surface area contributed by atoms with Gasteiger partial charge in [-0.2, -0.15) is 0 Å². The lowest BCUT2D eigenvalue weighted by Gasteiger charge is -2.24. The second-order valence-electron chi connectivity index (χ2n) is 25.9. The molecule has 0 spiro atoms. The van der Waals surface area contributed by atoms with E-state index in [9.17, 15) is 50.9 Å². The fourth-order valence-corrected chi connectivity index (χ4v) is 13.0. The molecule has 9 rings (SSSR count). The standard InChI is InChI=1S/C25H34F2N4O2.C24H32BrF2N5O2.C20H31F2N3O2.C4H2BrClN2/c26-24(27)12-16-31(15-11-20(25(32)33)17-22-10-13-28-18-29-22)14-4-3-6-21-9-8-19-5-1-2-7-23(19)30-21;25-19-15-28-16-29-23(19)31-21(24(33)34)10-13-32(14-11-22(26)27)12-4-3-6-18-9-8-17-5-1-2-7-20(17)30-18;21-19(22)11-14-25(13-10-17(23)20(26)27)12-4-3-6-16-9-8-15-5-1-2-7-18(15)24-16;5-3-1-7-2-8-4(3)6/h8-10,13,18,20,24H,1-7,11-12,14-17H2,(H,32,33);8-9,15-16,21-22H,1-7,10-14H2,(H,33,34)(H,28,29,31);8-9,17,19H,1-7,10-14,23H2,(H,26,27);1-2H/t20-;21-;17-;/m100./s1. The number of halogens is 9. The largest absolute Gasteiger partial charge is 0.481 e. The number of carboxylic acid groups (broad SMARTS) is 3. The van der Waals surface area contributed by atoms with Gasteiger partial charge in [-0.05, 0) is 253 Å². The number of rotatable bonds is 40. The molecule has 6 aromatic heterocycles. The van der Waals surface area contributed by atoms with Crippen molar-refractivity contribution in [2.45, 2.75) is 211 Å². The minimum absolute atomic E-state index is 0.198. The number of anilines is 1. The van der Waals surface area contributed by atoms with Crippen LogP contribution < -0.4 is 11.1 Å². The number of aliphatic carboxylic acids is 3. The number of pyridine rings is 3. The van der Waals surface area contributed by atoms with E-state index in [0.717, 1.165) is 118 Å². The van der Waals surface area contributed by atoms with E-state index in [4.69, 9.17) is 37.4 Å². The predicted octanol–water partition coefficient (Wildman–Crippen LogP) is 14.0. The SMILES string of the molecule is Clc1ncncc1Br.N[C@@H](CCN(CCCCc1ccc2c(n1)CCCC2)CCC(F)F)C(=O)O.O=C(O)[C@H](CCN(CCCCc1ccc2c(n1)CCCC2)CCC(F)F)Cc1ccncn1.O=C(O)[C@H](CCN(CCCCc1ccc2c(n1)CCCC2)CCC(F)F)Nc1ncncc1Br. The molecule has 560 valence electrons. The van der Waals surface area contributed by atoms with Crippen molar-refractivity contribution in [3.05, 3.63) is 151 Å². The molecule has 0 unspecified atom stereocenters. The van der Waals surface area contributed by atoms with Crippen LogP contribution in [-0.4, -0.2) is 183 Å². The van der Waals surface area contributed by atoms with Gasteiger partial charge in [0, 0.05) is 117 Å². The highest BCUT2D eigenvalue weighted by atomic mass is 79.9. The maximum atomic E-state index is 12.8. The minimum atomic E-state index is -2.38. The summed E-state index contributed by atoms with van der Waals surface area (Å²) in [5, 5.41) is 31.4. The van der Waals surface area contributed by atoms with Crippen LogP contribution >= 0.6 is 43.5 Å². The number of hydrogen-bond donors (Lipinski definition) is 5. The van der Waals surface area contributed by atoms with Crippen LogP contribution in [0.1, 0.15) is 172 Å². The number of alkyl halides is 6. The molecule has 0 aromatic carbocycles. The molecule has 3 aliphatic carbocycles. The molecule has 3 atom stereocenters. The number of aromatic nitrogens is 9. The van der Waals surface area contributed by atoms with E-state index in [1.165, 1.54) is 97.5 Å². The average molecular weight is 1580 g/mol. The molecule has 0 fully saturated rings. The third-order valence-electron chi connectivity index (χ3n) is 18.1. The van der Waals surface area contributed by atoms with Gasteiger partial charge >= 0.3 is 17.9 Å². The van der Waals surface area contributed by atoms with Gasteiger partial charge in [0.2, 0.25) is 19.3 Å². The zero-order chi connectivity index (χ0) is 73.4. The summed E-state index contributed by atoms with van der Waals surface area (Å²) >= 11 is 11.9. The number of nitrogens with one attached hydrogen (secondary N) is 1. The van der Waals surface area contributed by atoms with Crippen molar-refractivity contribution in [1.82, 2.24) is 59.6 Å². The Bertz CT molecular complexity index is 3400. The van der Waals surface area contributed by atoms with Gasteiger partial charge in [0.1, 0.15) is 42.0 Å². The number of carbonyl (C=O) groups is 3. The van der Waals surface area contributed by atoms with E-state index in [-0.39, 0.29) is 51.7 Å². The van der Waals surface area contributed by atoms with Crippen LogP contribution in [-0.2, 0) is 78.6 Å². The summed E-state index contributed by atoms with van der Waals surface area (Å²) in [5.41, 5.74) is 17.3. The van der Waals surface area contributed by atoms with Gasteiger partial charge in [0.25, 0.3) is 0 Å². The molecule has 6 N–H and O–H groups in total. The molecule has 0 bridgehead atoms. The quantitative estimate of drug-likeness (QED) is 0.0136. The topological polar surface area (TPSA) is 276 Å². The Morgan fingerprint density at radius 2 is 0.882 bits per heavy atom. The molecule has 20 nitrogen and oxygen atoms in total. The Labute approximate surface area is 617 Å². The minimum Gasteiger partial charge on any atom is -0.481 e. The van der Waals surface area contributed by atoms with Gasteiger partial charge in [0.05, 0.1) is 14.9 Å². The highest BCUT2D eigenvalue weighted by Gasteiger charge is 2.24. The summed E-state index contributed by atoms with van der Waals surface area (Å²) in [6, 6.07) is 12.8. The van der Waals surface area contributed by atoms with Crippen molar-refractivity contribution >= 4 is 67.2 Å². The van der Waals surface area contributed by atoms with Gasteiger partial charge < -0.3 is 41.1 Å². The molecular formula is C73H99Br2ClF6N14O6. The summed E-state index contributed by atoms with van der Waals surface area (Å²) in [6.07, 6.45) is 24.2. The van der Waals surface area contributed by atoms with Gasteiger partial charge in [-0.1, -0.05) is 29.8 Å². The Hall–Kier alpha value is -6.43. The maximum absolute atomic E-state index is 12.8. The van der Waals surface area contributed by atoms with E-state index in [0.29, 0.717) is 73.2 Å². The monoisotopic (exact) mass is 1570 g/mol. The Balaban J connectivity index is 0.000000229. The molecule has 3 aliphatic rings. The lowest BCUT2D eigenvalue weighted by atomic mass is 9.95. The first kappa shape index (κ1) is 84.5. The lowest BCUT2D eigenvalue weighted by molar-refractivity contribution is -0.142. The van der Waals surface area contributed by atoms with E-state index in [2.05, 4.69) is 103 Å². The zero-order valence-corrected chi connectivity index (χ0v) is 62.0. The van der Waals surface area contributed by atoms with Crippen molar-refractivity contribution in [2.24, 2.45) is 11.7 Å². The molecule has 0 radical (unpaired) electrons. The molecule has 0 saturated heterocycles. The summed E-state index contributed by atoms with van der Waals surface area (Å²) in [7, 11) is 0. The Morgan fingerprint density at radius 3 is 1.26 bits per heavy atom. The van der Waals surface area contributed by atoms with Crippen LogP contribution in [0.5, 0.6) is 0 Å². The second-order valence-corrected chi connectivity index (χ2v) is 28.0. The smallest absolute Gasteiger partial charge is 0.326 e. The van der Waals surface area contributed by atoms with Crippen LogP contribution in [0.3, 0.4) is 0 Å². The Kier molecular flexibility index (Phi) is 39.6. The maximum Gasteiger partial charge on any atom is 0.326 e. The van der Waals surface area contributed by atoms with E-state index >= 15 is 0 Å². The third kappa shape index (κ3) is 33.6.